The molecule has 0 radical (unpaired) electrons. The fourth-order valence-electron chi connectivity index (χ4n) is 2.17. The molecule has 0 amide bonds. The van der Waals surface area contributed by atoms with Gasteiger partial charge in [0, 0.05) is 25.1 Å². The molecule has 100 valence electrons. The molecule has 0 atom stereocenters. The predicted octanol–water partition coefficient (Wildman–Crippen LogP) is 2.67. The molecule has 0 unspecified atom stereocenters. The number of hydrogen-bond donors (Lipinski definition) is 0. The van der Waals surface area contributed by atoms with Crippen molar-refractivity contribution in [2.45, 2.75) is 26.3 Å². The first kappa shape index (κ1) is 13.2. The number of aryl methyl sites for hydroxylation is 2. The average molecular weight is 259 g/mol. The van der Waals surface area contributed by atoms with E-state index in [2.05, 4.69) is 15.6 Å². The van der Waals surface area contributed by atoms with E-state index in [1.807, 2.05) is 19.1 Å². The minimum atomic E-state index is 0.548. The van der Waals surface area contributed by atoms with E-state index in [1.165, 1.54) is 0 Å². The van der Waals surface area contributed by atoms with Crippen LogP contribution in [0.3, 0.4) is 0 Å². The fraction of sp³-hybridized carbons (Fsp3) is 0.429. The molecular weight excluding hydrogens is 242 g/mol. The summed E-state index contributed by atoms with van der Waals surface area (Å²) in [5.74, 6) is 2.30. The number of rotatable bonds is 5. The number of ether oxygens (including phenoxy) is 2. The Morgan fingerprint density at radius 2 is 1.95 bits per heavy atom. The molecule has 0 aliphatic carbocycles. The standard InChI is InChI=1S/C14H17N3O2/c1-10-16-11-8-13(18-2)14(19-3)9-12(11)17(10)7-5-4-6-15/h8-9H,4-5,7H2,1-3H3. The smallest absolute Gasteiger partial charge is 0.163 e. The molecule has 19 heavy (non-hydrogen) atoms. The number of nitriles is 1. The highest BCUT2D eigenvalue weighted by Gasteiger charge is 2.12. The Morgan fingerprint density at radius 3 is 2.58 bits per heavy atom. The van der Waals surface area contributed by atoms with Gasteiger partial charge in [-0.15, -0.1) is 0 Å². The van der Waals surface area contributed by atoms with Gasteiger partial charge in [0.2, 0.25) is 0 Å². The van der Waals surface area contributed by atoms with Gasteiger partial charge in [-0.25, -0.2) is 4.98 Å². The van der Waals surface area contributed by atoms with Crippen molar-refractivity contribution in [3.63, 3.8) is 0 Å². The summed E-state index contributed by atoms with van der Waals surface area (Å²) in [5.41, 5.74) is 1.89. The predicted molar refractivity (Wildman–Crippen MR) is 72.4 cm³/mol. The zero-order chi connectivity index (χ0) is 13.8. The quantitative estimate of drug-likeness (QED) is 0.774. The van der Waals surface area contributed by atoms with Crippen LogP contribution in [0.2, 0.25) is 0 Å². The lowest BCUT2D eigenvalue weighted by Gasteiger charge is -2.09. The van der Waals surface area contributed by atoms with Crippen LogP contribution in [0.5, 0.6) is 11.5 Å². The van der Waals surface area contributed by atoms with Crippen LogP contribution in [0.1, 0.15) is 18.7 Å². The minimum absolute atomic E-state index is 0.548. The molecule has 1 aromatic heterocycles. The van der Waals surface area contributed by atoms with E-state index in [1.54, 1.807) is 14.2 Å². The molecule has 2 aromatic rings. The van der Waals surface area contributed by atoms with Crippen molar-refractivity contribution < 1.29 is 9.47 Å². The third-order valence-electron chi connectivity index (χ3n) is 3.11. The van der Waals surface area contributed by atoms with E-state index in [9.17, 15) is 0 Å². The van der Waals surface area contributed by atoms with Crippen molar-refractivity contribution in [3.05, 3.63) is 18.0 Å². The molecule has 1 heterocycles. The Balaban J connectivity index is 2.47. The Kier molecular flexibility index (Phi) is 3.91. The SMILES string of the molecule is COc1cc2nc(C)n(CCCC#N)c2cc1OC. The van der Waals surface area contributed by atoms with Crippen LogP contribution >= 0.6 is 0 Å². The van der Waals surface area contributed by atoms with Gasteiger partial charge in [0.05, 0.1) is 31.3 Å². The first-order valence-electron chi connectivity index (χ1n) is 6.17. The Hall–Kier alpha value is -2.22. The molecule has 1 aromatic carbocycles. The van der Waals surface area contributed by atoms with Crippen LogP contribution < -0.4 is 9.47 Å². The molecule has 2 rings (SSSR count). The third kappa shape index (κ3) is 2.48. The number of hydrogen-bond acceptors (Lipinski definition) is 4. The van der Waals surface area contributed by atoms with Gasteiger partial charge in [0.15, 0.2) is 11.5 Å². The normalized spacial score (nSPS) is 10.4. The highest BCUT2D eigenvalue weighted by molar-refractivity contribution is 5.80. The second-order valence-corrected chi connectivity index (χ2v) is 4.27. The number of fused-ring (bicyclic) bond motifs is 1. The van der Waals surface area contributed by atoms with Crippen LogP contribution in [0.4, 0.5) is 0 Å². The second-order valence-electron chi connectivity index (χ2n) is 4.27. The van der Waals surface area contributed by atoms with E-state index < -0.39 is 0 Å². The Bertz CT molecular complexity index is 626. The maximum absolute atomic E-state index is 8.62. The highest BCUT2D eigenvalue weighted by Crippen LogP contribution is 2.32. The number of aromatic nitrogens is 2. The molecule has 0 N–H and O–H groups in total. The van der Waals surface area contributed by atoms with Gasteiger partial charge >= 0.3 is 0 Å². The maximum Gasteiger partial charge on any atom is 0.163 e. The van der Waals surface area contributed by atoms with Crippen LogP contribution in [-0.2, 0) is 6.54 Å². The van der Waals surface area contributed by atoms with E-state index in [0.717, 1.165) is 29.8 Å². The van der Waals surface area contributed by atoms with Gasteiger partial charge in [-0.3, -0.25) is 0 Å². The number of imidazole rings is 1. The van der Waals surface area contributed by atoms with Crippen molar-refractivity contribution in [2.75, 3.05) is 14.2 Å². The van der Waals surface area contributed by atoms with Crippen LogP contribution in [-0.4, -0.2) is 23.8 Å². The van der Waals surface area contributed by atoms with Crippen molar-refractivity contribution >= 4 is 11.0 Å². The summed E-state index contributed by atoms with van der Waals surface area (Å²) < 4.78 is 12.7. The first-order chi connectivity index (χ1) is 9.21. The summed E-state index contributed by atoms with van der Waals surface area (Å²) >= 11 is 0. The summed E-state index contributed by atoms with van der Waals surface area (Å²) in [6.45, 7) is 2.75. The van der Waals surface area contributed by atoms with Gasteiger partial charge in [-0.1, -0.05) is 0 Å². The largest absolute Gasteiger partial charge is 0.493 e. The van der Waals surface area contributed by atoms with E-state index in [-0.39, 0.29) is 0 Å². The van der Waals surface area contributed by atoms with Crippen LogP contribution in [0.25, 0.3) is 11.0 Å². The highest BCUT2D eigenvalue weighted by atomic mass is 16.5. The van der Waals surface area contributed by atoms with E-state index in [0.29, 0.717) is 17.9 Å². The lowest BCUT2D eigenvalue weighted by atomic mass is 10.2. The van der Waals surface area contributed by atoms with E-state index >= 15 is 0 Å². The summed E-state index contributed by atoms with van der Waals surface area (Å²) in [6.07, 6.45) is 1.36. The minimum Gasteiger partial charge on any atom is -0.493 e. The summed E-state index contributed by atoms with van der Waals surface area (Å²) in [5, 5.41) is 8.62. The number of benzene rings is 1. The van der Waals surface area contributed by atoms with Gasteiger partial charge in [-0.2, -0.15) is 5.26 Å². The topological polar surface area (TPSA) is 60.1 Å². The molecule has 0 saturated carbocycles. The molecule has 0 spiro atoms. The average Bonchev–Trinajstić information content (AvgIpc) is 2.73. The van der Waals surface area contributed by atoms with Gasteiger partial charge < -0.3 is 14.0 Å². The summed E-state index contributed by atoms with van der Waals surface area (Å²) in [7, 11) is 3.23. The van der Waals surface area contributed by atoms with Crippen LogP contribution in [0, 0.1) is 18.3 Å². The summed E-state index contributed by atoms with van der Waals surface area (Å²) in [4.78, 5) is 4.52. The number of methoxy groups -OCH3 is 2. The molecule has 0 aliphatic heterocycles. The van der Waals surface area contributed by atoms with Crippen molar-refractivity contribution in [3.8, 4) is 17.6 Å². The van der Waals surface area contributed by atoms with E-state index in [4.69, 9.17) is 14.7 Å². The van der Waals surface area contributed by atoms with Gasteiger partial charge in [0.25, 0.3) is 0 Å². The summed E-state index contributed by atoms with van der Waals surface area (Å²) in [6, 6.07) is 5.97. The Labute approximate surface area is 112 Å². The third-order valence-corrected chi connectivity index (χ3v) is 3.11. The zero-order valence-electron chi connectivity index (χ0n) is 11.4. The van der Waals surface area contributed by atoms with Crippen molar-refractivity contribution in [2.24, 2.45) is 0 Å². The Morgan fingerprint density at radius 1 is 1.26 bits per heavy atom. The monoisotopic (exact) mass is 259 g/mol. The maximum atomic E-state index is 8.62. The molecular formula is C14H17N3O2. The van der Waals surface area contributed by atoms with Crippen molar-refractivity contribution in [1.82, 2.24) is 9.55 Å². The van der Waals surface area contributed by atoms with Gasteiger partial charge in [-0.05, 0) is 13.3 Å². The molecule has 0 bridgehead atoms. The van der Waals surface area contributed by atoms with Crippen molar-refractivity contribution in [1.29, 1.82) is 5.26 Å². The second kappa shape index (κ2) is 5.61. The molecule has 5 heteroatoms. The number of unbranched alkanes of at least 4 members (excludes halogenated alkanes) is 1. The lowest BCUT2D eigenvalue weighted by molar-refractivity contribution is 0.355. The molecule has 0 fully saturated rings. The first-order valence-corrected chi connectivity index (χ1v) is 6.17. The van der Waals surface area contributed by atoms with Gasteiger partial charge in [0.1, 0.15) is 5.82 Å². The lowest BCUT2D eigenvalue weighted by Crippen LogP contribution is -2.00. The number of nitrogens with zero attached hydrogens (tertiary/aromatic N) is 3. The fourth-order valence-corrected chi connectivity index (χ4v) is 2.17. The van der Waals surface area contributed by atoms with Crippen LogP contribution in [0.15, 0.2) is 12.1 Å². The molecule has 0 aliphatic rings. The molecule has 0 saturated heterocycles. The zero-order valence-corrected chi connectivity index (χ0v) is 11.4. The molecule has 5 nitrogen and oxygen atoms in total.